The minimum Gasteiger partial charge on any atom is -0.397 e. The molecule has 1 aromatic rings. The number of nitrogens with two attached hydrogens (primary N) is 1. The quantitative estimate of drug-likeness (QED) is 0.660. The van der Waals surface area contributed by atoms with E-state index in [-0.39, 0.29) is 36.3 Å². The Labute approximate surface area is 117 Å². The zero-order valence-electron chi connectivity index (χ0n) is 11.6. The molecule has 0 unspecified atom stereocenters. The van der Waals surface area contributed by atoms with Gasteiger partial charge in [-0.15, -0.1) is 0 Å². The van der Waals surface area contributed by atoms with Crippen molar-refractivity contribution in [1.82, 2.24) is 10.2 Å². The maximum absolute atomic E-state index is 13.1. The average Bonchev–Trinajstić information content (AvgIpc) is 2.41. The third kappa shape index (κ3) is 4.85. The minimum absolute atomic E-state index is 0.0277. The summed E-state index contributed by atoms with van der Waals surface area (Å²) in [6.45, 7) is 2.53. The highest BCUT2D eigenvalue weighted by atomic mass is 19.1. The van der Waals surface area contributed by atoms with Crippen LogP contribution in [0.1, 0.15) is 6.92 Å². The van der Waals surface area contributed by atoms with Crippen LogP contribution in [-0.2, 0) is 9.59 Å². The first kappa shape index (κ1) is 15.9. The molecule has 110 valence electrons. The number of nitrogens with zero attached hydrogens (tertiary/aromatic N) is 1. The molecule has 0 aliphatic carbocycles. The summed E-state index contributed by atoms with van der Waals surface area (Å²) in [6.07, 6.45) is 0. The van der Waals surface area contributed by atoms with Crippen molar-refractivity contribution in [3.05, 3.63) is 24.0 Å². The van der Waals surface area contributed by atoms with Gasteiger partial charge in [-0.2, -0.15) is 0 Å². The number of hydrogen-bond acceptors (Lipinski definition) is 4. The third-order valence-corrected chi connectivity index (χ3v) is 2.75. The van der Waals surface area contributed by atoms with E-state index in [2.05, 4.69) is 10.6 Å². The van der Waals surface area contributed by atoms with Gasteiger partial charge in [-0.1, -0.05) is 6.92 Å². The summed E-state index contributed by atoms with van der Waals surface area (Å²) in [5.74, 6) is -1.01. The fraction of sp³-hybridized carbons (Fsp3) is 0.385. The van der Waals surface area contributed by atoms with E-state index in [1.165, 1.54) is 19.2 Å². The highest BCUT2D eigenvalue weighted by molar-refractivity contribution is 5.95. The lowest BCUT2D eigenvalue weighted by Gasteiger charge is -2.19. The Kier molecular flexibility index (Phi) is 5.92. The molecule has 0 saturated heterocycles. The van der Waals surface area contributed by atoms with Gasteiger partial charge in [0, 0.05) is 7.05 Å². The number of carbonyl (C=O) groups is 2. The first-order valence-corrected chi connectivity index (χ1v) is 6.24. The van der Waals surface area contributed by atoms with E-state index in [4.69, 9.17) is 5.73 Å². The average molecular weight is 282 g/mol. The second-order valence-corrected chi connectivity index (χ2v) is 4.26. The lowest BCUT2D eigenvalue weighted by atomic mass is 10.2. The molecular weight excluding hydrogens is 263 g/mol. The Bertz CT molecular complexity index is 493. The van der Waals surface area contributed by atoms with Crippen LogP contribution in [0.4, 0.5) is 15.8 Å². The van der Waals surface area contributed by atoms with Crippen LogP contribution in [0.15, 0.2) is 18.2 Å². The zero-order valence-corrected chi connectivity index (χ0v) is 11.6. The highest BCUT2D eigenvalue weighted by Crippen LogP contribution is 2.18. The predicted octanol–water partition coefficient (Wildman–Crippen LogP) is 0.414. The number of amides is 2. The van der Waals surface area contributed by atoms with E-state index >= 15 is 0 Å². The fourth-order valence-electron chi connectivity index (χ4n) is 1.59. The number of likely N-dealkylation sites (N-methyl/N-ethyl adjacent to an activating group) is 2. The van der Waals surface area contributed by atoms with Gasteiger partial charge in [-0.05, 0) is 24.7 Å². The number of anilines is 2. The summed E-state index contributed by atoms with van der Waals surface area (Å²) < 4.78 is 13.1. The minimum atomic E-state index is -0.479. The molecule has 0 aliphatic heterocycles. The molecule has 0 radical (unpaired) electrons. The Morgan fingerprint density at radius 2 is 1.95 bits per heavy atom. The van der Waals surface area contributed by atoms with Gasteiger partial charge in [-0.3, -0.25) is 14.5 Å². The van der Waals surface area contributed by atoms with Gasteiger partial charge in [0.05, 0.1) is 24.5 Å². The maximum Gasteiger partial charge on any atom is 0.238 e. The number of nitrogens with one attached hydrogen (secondary N) is 2. The molecule has 1 rings (SSSR count). The Balaban J connectivity index is 2.61. The molecule has 1 aromatic carbocycles. The van der Waals surface area contributed by atoms with Gasteiger partial charge < -0.3 is 16.4 Å². The molecule has 0 fully saturated rings. The van der Waals surface area contributed by atoms with Crippen LogP contribution in [0, 0.1) is 5.82 Å². The molecule has 0 aromatic heterocycles. The van der Waals surface area contributed by atoms with Crippen LogP contribution in [0.3, 0.4) is 0 Å². The van der Waals surface area contributed by atoms with Gasteiger partial charge in [0.25, 0.3) is 0 Å². The molecule has 0 aliphatic rings. The van der Waals surface area contributed by atoms with E-state index < -0.39 is 5.82 Å². The molecule has 0 heterocycles. The molecule has 2 amide bonds. The lowest BCUT2D eigenvalue weighted by Crippen LogP contribution is -2.40. The van der Waals surface area contributed by atoms with E-state index in [1.54, 1.807) is 4.90 Å². The normalized spacial score (nSPS) is 10.4. The van der Waals surface area contributed by atoms with Gasteiger partial charge in [0.1, 0.15) is 5.82 Å². The van der Waals surface area contributed by atoms with Crippen molar-refractivity contribution in [3.63, 3.8) is 0 Å². The van der Waals surface area contributed by atoms with Gasteiger partial charge >= 0.3 is 0 Å². The number of benzene rings is 1. The largest absolute Gasteiger partial charge is 0.397 e. The van der Waals surface area contributed by atoms with Crippen molar-refractivity contribution >= 4 is 23.2 Å². The van der Waals surface area contributed by atoms with Gasteiger partial charge in [0.15, 0.2) is 0 Å². The fourth-order valence-corrected chi connectivity index (χ4v) is 1.59. The monoisotopic (exact) mass is 282 g/mol. The van der Waals surface area contributed by atoms with Crippen molar-refractivity contribution in [1.29, 1.82) is 0 Å². The predicted molar refractivity (Wildman–Crippen MR) is 75.6 cm³/mol. The van der Waals surface area contributed by atoms with Crippen LogP contribution < -0.4 is 16.4 Å². The highest BCUT2D eigenvalue weighted by Gasteiger charge is 2.13. The van der Waals surface area contributed by atoms with E-state index in [0.717, 1.165) is 6.07 Å². The van der Waals surface area contributed by atoms with Crippen LogP contribution in [0.5, 0.6) is 0 Å². The summed E-state index contributed by atoms with van der Waals surface area (Å²) in [5.41, 5.74) is 6.16. The van der Waals surface area contributed by atoms with Gasteiger partial charge in [-0.25, -0.2) is 4.39 Å². The molecule has 0 spiro atoms. The lowest BCUT2D eigenvalue weighted by molar-refractivity contribution is -0.123. The molecular formula is C13H19FN4O2. The number of carbonyl (C=O) groups excluding carboxylic acids is 2. The second kappa shape index (κ2) is 7.44. The number of halogens is 1. The smallest absolute Gasteiger partial charge is 0.238 e. The van der Waals surface area contributed by atoms with Crippen molar-refractivity contribution in [2.24, 2.45) is 0 Å². The van der Waals surface area contributed by atoms with Crippen molar-refractivity contribution in [2.45, 2.75) is 6.92 Å². The standard InChI is InChI=1S/C13H19FN4O2/c1-3-18(7-12(19)16-2)8-13(20)17-11-6-9(14)4-5-10(11)15/h4-6H,3,7-8,15H2,1-2H3,(H,16,19)(H,17,20). The second-order valence-electron chi connectivity index (χ2n) is 4.26. The Morgan fingerprint density at radius 3 is 2.55 bits per heavy atom. The first-order chi connectivity index (χ1) is 9.46. The summed E-state index contributed by atoms with van der Waals surface area (Å²) in [4.78, 5) is 24.8. The number of hydrogen-bond donors (Lipinski definition) is 3. The van der Waals surface area contributed by atoms with Crippen LogP contribution in [-0.4, -0.2) is 43.4 Å². The molecule has 0 bridgehead atoms. The van der Waals surface area contributed by atoms with Crippen LogP contribution in [0.25, 0.3) is 0 Å². The van der Waals surface area contributed by atoms with E-state index in [1.807, 2.05) is 6.92 Å². The summed E-state index contributed by atoms with van der Waals surface area (Å²) in [7, 11) is 1.53. The Morgan fingerprint density at radius 1 is 1.30 bits per heavy atom. The van der Waals surface area contributed by atoms with Crippen LogP contribution in [0.2, 0.25) is 0 Å². The molecule has 6 nitrogen and oxygen atoms in total. The molecule has 0 atom stereocenters. The summed E-state index contributed by atoms with van der Waals surface area (Å²) in [5, 5.41) is 5.02. The molecule has 20 heavy (non-hydrogen) atoms. The number of rotatable bonds is 6. The maximum atomic E-state index is 13.1. The van der Waals surface area contributed by atoms with E-state index in [9.17, 15) is 14.0 Å². The SMILES string of the molecule is CCN(CC(=O)NC)CC(=O)Nc1cc(F)ccc1N. The molecule has 4 N–H and O–H groups in total. The van der Waals surface area contributed by atoms with Crippen molar-refractivity contribution in [2.75, 3.05) is 37.7 Å². The summed E-state index contributed by atoms with van der Waals surface area (Å²) >= 11 is 0. The van der Waals surface area contributed by atoms with E-state index in [0.29, 0.717) is 6.54 Å². The zero-order chi connectivity index (χ0) is 15.1. The van der Waals surface area contributed by atoms with Gasteiger partial charge in [0.2, 0.25) is 11.8 Å². The molecule has 0 saturated carbocycles. The first-order valence-electron chi connectivity index (χ1n) is 6.24. The van der Waals surface area contributed by atoms with Crippen molar-refractivity contribution in [3.8, 4) is 0 Å². The topological polar surface area (TPSA) is 87.5 Å². The molecule has 7 heteroatoms. The number of nitrogen functional groups attached to an aromatic ring is 1. The van der Waals surface area contributed by atoms with Crippen molar-refractivity contribution < 1.29 is 14.0 Å². The van der Waals surface area contributed by atoms with Crippen LogP contribution >= 0.6 is 0 Å². The summed E-state index contributed by atoms with van der Waals surface area (Å²) in [6, 6.07) is 3.75. The third-order valence-electron chi connectivity index (χ3n) is 2.75. The Hall–Kier alpha value is -2.15.